The monoisotopic (exact) mass is 274 g/mol. The topological polar surface area (TPSA) is 52.6 Å². The van der Waals surface area contributed by atoms with E-state index in [4.69, 9.17) is 5.11 Å². The molecule has 2 aliphatic rings. The van der Waals surface area contributed by atoms with Crippen LogP contribution in [0.25, 0.3) is 0 Å². The summed E-state index contributed by atoms with van der Waals surface area (Å²) in [4.78, 5) is 14.0. The molecule has 4 heteroatoms. The van der Waals surface area contributed by atoms with Crippen molar-refractivity contribution in [3.05, 3.63) is 35.9 Å². The summed E-state index contributed by atoms with van der Waals surface area (Å²) in [5.41, 5.74) is 1.49. The lowest BCUT2D eigenvalue weighted by Gasteiger charge is -2.21. The Bertz CT molecular complexity index is 471. The van der Waals surface area contributed by atoms with Crippen LogP contribution >= 0.6 is 0 Å². The molecule has 0 bridgehead atoms. The summed E-state index contributed by atoms with van der Waals surface area (Å²) in [6, 6.07) is 10.5. The molecule has 1 aliphatic carbocycles. The van der Waals surface area contributed by atoms with Gasteiger partial charge in [-0.15, -0.1) is 0 Å². The van der Waals surface area contributed by atoms with E-state index in [-0.39, 0.29) is 24.0 Å². The maximum atomic E-state index is 12.1. The molecule has 1 unspecified atom stereocenters. The fraction of sp³-hybridized carbons (Fsp3) is 0.562. The van der Waals surface area contributed by atoms with Crippen molar-refractivity contribution in [3.63, 3.8) is 0 Å². The highest BCUT2D eigenvalue weighted by Gasteiger charge is 2.44. The molecular weight excluding hydrogens is 252 g/mol. The summed E-state index contributed by atoms with van der Waals surface area (Å²) < 4.78 is 0. The quantitative estimate of drug-likeness (QED) is 0.878. The van der Waals surface area contributed by atoms with Crippen molar-refractivity contribution in [2.75, 3.05) is 26.2 Å². The van der Waals surface area contributed by atoms with Gasteiger partial charge in [-0.25, -0.2) is 4.79 Å². The highest BCUT2D eigenvalue weighted by Crippen LogP contribution is 2.47. The molecule has 1 aromatic rings. The van der Waals surface area contributed by atoms with Crippen molar-refractivity contribution in [3.8, 4) is 0 Å². The molecule has 1 aromatic carbocycles. The molecule has 1 saturated carbocycles. The minimum absolute atomic E-state index is 0.0168. The third kappa shape index (κ3) is 2.66. The van der Waals surface area contributed by atoms with Gasteiger partial charge < -0.3 is 15.3 Å². The van der Waals surface area contributed by atoms with E-state index in [2.05, 4.69) is 29.6 Å². The van der Waals surface area contributed by atoms with Crippen LogP contribution in [0, 0.1) is 5.92 Å². The van der Waals surface area contributed by atoms with E-state index < -0.39 is 0 Å². The van der Waals surface area contributed by atoms with Gasteiger partial charge in [-0.2, -0.15) is 0 Å². The number of nitrogens with zero attached hydrogens (tertiary/aromatic N) is 1. The second-order valence-electron chi connectivity index (χ2n) is 6.09. The van der Waals surface area contributed by atoms with E-state index in [0.717, 1.165) is 32.4 Å². The molecule has 2 N–H and O–H groups in total. The smallest absolute Gasteiger partial charge is 0.317 e. The molecular formula is C16H22N2O2. The molecule has 4 nitrogen and oxygen atoms in total. The molecule has 20 heavy (non-hydrogen) atoms. The normalized spacial score (nSPS) is 23.6. The highest BCUT2D eigenvalue weighted by atomic mass is 16.3. The molecule has 0 radical (unpaired) electrons. The summed E-state index contributed by atoms with van der Waals surface area (Å²) >= 11 is 0. The number of urea groups is 1. The first-order valence-corrected chi connectivity index (χ1v) is 7.43. The van der Waals surface area contributed by atoms with Gasteiger partial charge in [0.1, 0.15) is 0 Å². The van der Waals surface area contributed by atoms with E-state index in [1.54, 1.807) is 0 Å². The maximum absolute atomic E-state index is 12.1. The fourth-order valence-corrected chi connectivity index (χ4v) is 3.03. The van der Waals surface area contributed by atoms with Gasteiger partial charge in [0, 0.05) is 37.6 Å². The van der Waals surface area contributed by atoms with E-state index in [0.29, 0.717) is 6.54 Å². The van der Waals surface area contributed by atoms with Crippen LogP contribution in [-0.4, -0.2) is 42.3 Å². The lowest BCUT2D eigenvalue weighted by Crippen LogP contribution is -2.42. The van der Waals surface area contributed by atoms with Crippen molar-refractivity contribution in [2.24, 2.45) is 5.92 Å². The Kier molecular flexibility index (Phi) is 3.66. The summed E-state index contributed by atoms with van der Waals surface area (Å²) in [6.07, 6.45) is 3.21. The van der Waals surface area contributed by atoms with Crippen LogP contribution in [0.4, 0.5) is 4.79 Å². The number of amides is 2. The molecule has 2 fully saturated rings. The van der Waals surface area contributed by atoms with Crippen LogP contribution in [0.15, 0.2) is 30.3 Å². The molecule has 1 saturated heterocycles. The van der Waals surface area contributed by atoms with Crippen molar-refractivity contribution in [1.29, 1.82) is 0 Å². The van der Waals surface area contributed by atoms with Gasteiger partial charge in [0.25, 0.3) is 0 Å². The first-order chi connectivity index (χ1) is 9.73. The first kappa shape index (κ1) is 13.4. The molecule has 108 valence electrons. The Labute approximate surface area is 119 Å². The van der Waals surface area contributed by atoms with E-state index in [9.17, 15) is 4.79 Å². The average molecular weight is 274 g/mol. The van der Waals surface area contributed by atoms with Crippen LogP contribution < -0.4 is 5.32 Å². The summed E-state index contributed by atoms with van der Waals surface area (Å²) in [5.74, 6) is 0.254. The van der Waals surface area contributed by atoms with Crippen LogP contribution in [0.5, 0.6) is 0 Å². The molecule has 3 rings (SSSR count). The van der Waals surface area contributed by atoms with Gasteiger partial charge in [-0.3, -0.25) is 0 Å². The molecule has 1 atom stereocenters. The van der Waals surface area contributed by atoms with Crippen molar-refractivity contribution < 1.29 is 9.90 Å². The third-order valence-corrected chi connectivity index (χ3v) is 4.65. The summed E-state index contributed by atoms with van der Waals surface area (Å²) in [5, 5.41) is 12.2. The zero-order valence-corrected chi connectivity index (χ0v) is 11.7. The molecule has 0 aromatic heterocycles. The maximum Gasteiger partial charge on any atom is 0.317 e. The highest BCUT2D eigenvalue weighted by molar-refractivity contribution is 5.74. The molecule has 0 spiro atoms. The SMILES string of the molecule is O=C(NCC1(c2ccccc2)CC1)N1CCC(CO)C1. The number of aliphatic hydroxyl groups excluding tert-OH is 1. The van der Waals surface area contributed by atoms with Gasteiger partial charge in [-0.05, 0) is 24.8 Å². The number of rotatable bonds is 4. The Balaban J connectivity index is 1.54. The second kappa shape index (κ2) is 5.44. The Morgan fingerprint density at radius 1 is 1.35 bits per heavy atom. The van der Waals surface area contributed by atoms with Crippen molar-refractivity contribution in [2.45, 2.75) is 24.7 Å². The third-order valence-electron chi connectivity index (χ3n) is 4.65. The summed E-state index contributed by atoms with van der Waals surface area (Å²) in [6.45, 7) is 2.34. The number of carbonyl (C=O) groups is 1. The minimum atomic E-state index is 0.0168. The predicted molar refractivity (Wildman–Crippen MR) is 77.5 cm³/mol. The Morgan fingerprint density at radius 3 is 2.70 bits per heavy atom. The number of carbonyl (C=O) groups excluding carboxylic acids is 1. The zero-order valence-electron chi connectivity index (χ0n) is 11.7. The standard InChI is InChI=1S/C16H22N2O2/c19-11-13-6-9-18(10-13)15(20)17-12-16(7-8-16)14-4-2-1-3-5-14/h1-5,13,19H,6-12H2,(H,17,20). The van der Waals surface area contributed by atoms with Gasteiger partial charge in [0.05, 0.1) is 0 Å². The Morgan fingerprint density at radius 2 is 2.10 bits per heavy atom. The van der Waals surface area contributed by atoms with Gasteiger partial charge in [-0.1, -0.05) is 30.3 Å². The second-order valence-corrected chi connectivity index (χ2v) is 6.09. The van der Waals surface area contributed by atoms with Crippen LogP contribution in [0.1, 0.15) is 24.8 Å². The predicted octanol–water partition coefficient (Wildman–Crippen LogP) is 1.74. The number of nitrogens with one attached hydrogen (secondary N) is 1. The van der Waals surface area contributed by atoms with Gasteiger partial charge in [0.2, 0.25) is 0 Å². The summed E-state index contributed by atoms with van der Waals surface area (Å²) in [7, 11) is 0. The van der Waals surface area contributed by atoms with E-state index in [1.807, 2.05) is 11.0 Å². The number of likely N-dealkylation sites (tertiary alicyclic amines) is 1. The number of benzene rings is 1. The largest absolute Gasteiger partial charge is 0.396 e. The van der Waals surface area contributed by atoms with Gasteiger partial charge >= 0.3 is 6.03 Å². The van der Waals surface area contributed by atoms with Crippen molar-refractivity contribution >= 4 is 6.03 Å². The zero-order chi connectivity index (χ0) is 14.0. The lowest BCUT2D eigenvalue weighted by molar-refractivity contribution is 0.197. The van der Waals surface area contributed by atoms with Crippen molar-refractivity contribution in [1.82, 2.24) is 10.2 Å². The lowest BCUT2D eigenvalue weighted by atomic mass is 9.96. The van der Waals surface area contributed by atoms with Gasteiger partial charge in [0.15, 0.2) is 0 Å². The molecule has 2 amide bonds. The van der Waals surface area contributed by atoms with Crippen LogP contribution in [0.3, 0.4) is 0 Å². The number of hydrogen-bond donors (Lipinski definition) is 2. The van der Waals surface area contributed by atoms with Crippen LogP contribution in [0.2, 0.25) is 0 Å². The first-order valence-electron chi connectivity index (χ1n) is 7.43. The number of aliphatic hydroxyl groups is 1. The minimum Gasteiger partial charge on any atom is -0.396 e. The van der Waals surface area contributed by atoms with E-state index in [1.165, 1.54) is 5.56 Å². The molecule has 1 heterocycles. The average Bonchev–Trinajstić information content (AvgIpc) is 3.14. The molecule has 1 aliphatic heterocycles. The number of hydrogen-bond acceptors (Lipinski definition) is 2. The van der Waals surface area contributed by atoms with E-state index >= 15 is 0 Å². The fourth-order valence-electron chi connectivity index (χ4n) is 3.03. The van der Waals surface area contributed by atoms with Crippen LogP contribution in [-0.2, 0) is 5.41 Å². The Hall–Kier alpha value is -1.55.